The molecule has 0 saturated heterocycles. The maximum atomic E-state index is 14.1. The summed E-state index contributed by atoms with van der Waals surface area (Å²) in [6, 6.07) is 16.6. The molecule has 0 spiro atoms. The predicted octanol–water partition coefficient (Wildman–Crippen LogP) is 5.05. The molecule has 0 aliphatic heterocycles. The zero-order valence-corrected chi connectivity index (χ0v) is 20.9. The van der Waals surface area contributed by atoms with Crippen molar-refractivity contribution in [2.24, 2.45) is 18.7 Å². The third-order valence-corrected chi connectivity index (χ3v) is 6.47. The average molecular weight is 490 g/mol. The summed E-state index contributed by atoms with van der Waals surface area (Å²) < 4.78 is 22.3. The van der Waals surface area contributed by atoms with Gasteiger partial charge in [0.1, 0.15) is 22.9 Å². The molecule has 188 valence electrons. The molecule has 6 nitrogen and oxygen atoms in total. The van der Waals surface area contributed by atoms with Gasteiger partial charge in [-0.25, -0.2) is 4.39 Å². The number of carbonyl (C=O) groups is 1. The molecule has 4 aromatic rings. The van der Waals surface area contributed by atoms with E-state index in [0.29, 0.717) is 48.3 Å². The van der Waals surface area contributed by atoms with E-state index in [1.165, 1.54) is 18.2 Å². The van der Waals surface area contributed by atoms with Gasteiger partial charge in [-0.2, -0.15) is 0 Å². The predicted molar refractivity (Wildman–Crippen MR) is 139 cm³/mol. The normalized spacial score (nSPS) is 12.3. The molecule has 0 bridgehead atoms. The standard InChI is InChI=1S/C29H32FN3O3/c1-19(2)26(33(16-8-14-31)29(35)24-11-7-15-32(24)3)28-23(17-20-9-5-4-6-10-20)27(34)22-13-12-21(30)18-25(22)36-28/h4-7,9-13,15,18-19,26H,8,14,16-17,31H2,1-3H3. The van der Waals surface area contributed by atoms with Crippen LogP contribution in [0.2, 0.25) is 0 Å². The number of hydrogen-bond acceptors (Lipinski definition) is 4. The van der Waals surface area contributed by atoms with Crippen molar-refractivity contribution in [1.29, 1.82) is 0 Å². The van der Waals surface area contributed by atoms with Crippen LogP contribution in [0.3, 0.4) is 0 Å². The van der Waals surface area contributed by atoms with Crippen LogP contribution in [-0.4, -0.2) is 28.5 Å². The number of amides is 1. The number of benzene rings is 2. The maximum absolute atomic E-state index is 14.1. The molecular formula is C29H32FN3O3. The van der Waals surface area contributed by atoms with E-state index in [2.05, 4.69) is 0 Å². The maximum Gasteiger partial charge on any atom is 0.271 e. The van der Waals surface area contributed by atoms with Crippen LogP contribution in [-0.2, 0) is 13.5 Å². The summed E-state index contributed by atoms with van der Waals surface area (Å²) in [5, 5.41) is 0.316. The van der Waals surface area contributed by atoms with Gasteiger partial charge in [0.25, 0.3) is 5.91 Å². The third-order valence-electron chi connectivity index (χ3n) is 6.47. The summed E-state index contributed by atoms with van der Waals surface area (Å²) in [6.45, 7) is 4.77. The van der Waals surface area contributed by atoms with Gasteiger partial charge in [-0.05, 0) is 48.7 Å². The molecule has 2 heterocycles. The van der Waals surface area contributed by atoms with Crippen LogP contribution < -0.4 is 11.2 Å². The number of carbonyl (C=O) groups excluding carboxylic acids is 1. The fourth-order valence-electron chi connectivity index (χ4n) is 4.69. The van der Waals surface area contributed by atoms with Crippen molar-refractivity contribution >= 4 is 16.9 Å². The number of rotatable bonds is 9. The van der Waals surface area contributed by atoms with Crippen LogP contribution in [0.25, 0.3) is 11.0 Å². The van der Waals surface area contributed by atoms with Crippen molar-refractivity contribution in [2.75, 3.05) is 13.1 Å². The highest BCUT2D eigenvalue weighted by Crippen LogP contribution is 2.34. The Bertz CT molecular complexity index is 1410. The summed E-state index contributed by atoms with van der Waals surface area (Å²) in [5.74, 6) is -0.386. The average Bonchev–Trinajstić information content (AvgIpc) is 3.29. The van der Waals surface area contributed by atoms with Crippen LogP contribution in [0.5, 0.6) is 0 Å². The minimum absolute atomic E-state index is 0.101. The van der Waals surface area contributed by atoms with E-state index in [0.717, 1.165) is 5.56 Å². The Labute approximate surface area is 210 Å². The lowest BCUT2D eigenvalue weighted by atomic mass is 9.92. The highest BCUT2D eigenvalue weighted by molar-refractivity contribution is 5.93. The van der Waals surface area contributed by atoms with E-state index in [1.54, 1.807) is 15.5 Å². The number of aryl methyl sites for hydroxylation is 1. The fourth-order valence-corrected chi connectivity index (χ4v) is 4.69. The number of halogens is 1. The van der Waals surface area contributed by atoms with E-state index in [1.807, 2.05) is 63.5 Å². The van der Waals surface area contributed by atoms with Crippen molar-refractivity contribution in [2.45, 2.75) is 32.7 Å². The largest absolute Gasteiger partial charge is 0.458 e. The molecule has 4 rings (SSSR count). The number of nitrogens with two attached hydrogens (primary N) is 1. The van der Waals surface area contributed by atoms with E-state index < -0.39 is 11.9 Å². The second-order valence-electron chi connectivity index (χ2n) is 9.41. The molecule has 1 unspecified atom stereocenters. The minimum Gasteiger partial charge on any atom is -0.458 e. The van der Waals surface area contributed by atoms with Crippen molar-refractivity contribution in [1.82, 2.24) is 9.47 Å². The Morgan fingerprint density at radius 3 is 2.50 bits per heavy atom. The molecule has 0 aliphatic rings. The lowest BCUT2D eigenvalue weighted by molar-refractivity contribution is 0.0577. The lowest BCUT2D eigenvalue weighted by Gasteiger charge is -2.35. The monoisotopic (exact) mass is 489 g/mol. The third kappa shape index (κ3) is 5.11. The summed E-state index contributed by atoms with van der Waals surface area (Å²) in [7, 11) is 1.82. The molecule has 0 radical (unpaired) electrons. The molecular weight excluding hydrogens is 457 g/mol. The van der Waals surface area contributed by atoms with Gasteiger partial charge in [-0.1, -0.05) is 44.2 Å². The lowest BCUT2D eigenvalue weighted by Crippen LogP contribution is -2.40. The van der Waals surface area contributed by atoms with Gasteiger partial charge in [-0.15, -0.1) is 0 Å². The van der Waals surface area contributed by atoms with Crippen LogP contribution in [0.4, 0.5) is 4.39 Å². The van der Waals surface area contributed by atoms with Gasteiger partial charge in [0.05, 0.1) is 11.4 Å². The number of aromatic nitrogens is 1. The van der Waals surface area contributed by atoms with E-state index in [4.69, 9.17) is 10.2 Å². The number of fused-ring (bicyclic) bond motifs is 1. The van der Waals surface area contributed by atoms with Crippen LogP contribution in [0.1, 0.15) is 53.7 Å². The first-order valence-corrected chi connectivity index (χ1v) is 12.2. The Hall–Kier alpha value is -3.71. The fraction of sp³-hybridized carbons (Fsp3) is 0.310. The van der Waals surface area contributed by atoms with Crippen LogP contribution >= 0.6 is 0 Å². The zero-order valence-electron chi connectivity index (χ0n) is 20.9. The van der Waals surface area contributed by atoms with Crippen LogP contribution in [0.15, 0.2) is 76.1 Å². The topological polar surface area (TPSA) is 81.5 Å². The number of hydrogen-bond donors (Lipinski definition) is 1. The SMILES string of the molecule is CC(C)C(c1oc2cc(F)ccc2c(=O)c1Cc1ccccc1)N(CCCN)C(=O)c1cccn1C. The summed E-state index contributed by atoms with van der Waals surface area (Å²) in [5.41, 5.74) is 7.72. The molecule has 36 heavy (non-hydrogen) atoms. The van der Waals surface area contributed by atoms with Crippen LogP contribution in [0, 0.1) is 11.7 Å². The molecule has 0 fully saturated rings. The second kappa shape index (κ2) is 10.9. The van der Waals surface area contributed by atoms with Gasteiger partial charge >= 0.3 is 0 Å². The van der Waals surface area contributed by atoms with Crippen molar-refractivity contribution in [3.05, 3.63) is 105 Å². The highest BCUT2D eigenvalue weighted by Gasteiger charge is 2.34. The molecule has 2 N–H and O–H groups in total. The molecule has 0 aliphatic carbocycles. The highest BCUT2D eigenvalue weighted by atomic mass is 19.1. The molecule has 1 amide bonds. The van der Waals surface area contributed by atoms with Gasteiger partial charge < -0.3 is 19.6 Å². The Morgan fingerprint density at radius 1 is 1.11 bits per heavy atom. The van der Waals surface area contributed by atoms with E-state index >= 15 is 0 Å². The van der Waals surface area contributed by atoms with E-state index in [9.17, 15) is 14.0 Å². The number of nitrogens with zero attached hydrogens (tertiary/aromatic N) is 2. The molecule has 2 aromatic carbocycles. The van der Waals surface area contributed by atoms with Gasteiger partial charge in [0.15, 0.2) is 5.43 Å². The molecule has 7 heteroatoms. The second-order valence-corrected chi connectivity index (χ2v) is 9.41. The summed E-state index contributed by atoms with van der Waals surface area (Å²) >= 11 is 0. The first kappa shape index (κ1) is 25.4. The first-order chi connectivity index (χ1) is 17.3. The summed E-state index contributed by atoms with van der Waals surface area (Å²) in [6.07, 6.45) is 2.73. The van der Waals surface area contributed by atoms with Crippen molar-refractivity contribution in [3.63, 3.8) is 0 Å². The van der Waals surface area contributed by atoms with Gasteiger partial charge in [-0.3, -0.25) is 9.59 Å². The van der Waals surface area contributed by atoms with E-state index in [-0.39, 0.29) is 22.8 Å². The molecule has 1 atom stereocenters. The first-order valence-electron chi connectivity index (χ1n) is 12.2. The minimum atomic E-state index is -0.557. The summed E-state index contributed by atoms with van der Waals surface area (Å²) in [4.78, 5) is 29.3. The van der Waals surface area contributed by atoms with Crippen molar-refractivity contribution < 1.29 is 13.6 Å². The quantitative estimate of drug-likeness (QED) is 0.357. The smallest absolute Gasteiger partial charge is 0.271 e. The van der Waals surface area contributed by atoms with Gasteiger partial charge in [0.2, 0.25) is 0 Å². The molecule has 0 saturated carbocycles. The van der Waals surface area contributed by atoms with Crippen molar-refractivity contribution in [3.8, 4) is 0 Å². The Balaban J connectivity index is 1.94. The molecule has 2 aromatic heterocycles. The van der Waals surface area contributed by atoms with Gasteiger partial charge in [0, 0.05) is 37.8 Å². The zero-order chi connectivity index (χ0) is 25.8. The Kier molecular flexibility index (Phi) is 7.70. The Morgan fingerprint density at radius 2 is 1.86 bits per heavy atom.